The van der Waals surface area contributed by atoms with E-state index in [2.05, 4.69) is 40.6 Å². The smallest absolute Gasteiger partial charge is 0.320 e. The molecule has 2 aromatic heterocycles. The first-order chi connectivity index (χ1) is 16.1. The molecule has 9 heteroatoms. The molecular formula is C24H32N8O. The van der Waals surface area contributed by atoms with Crippen LogP contribution in [0.2, 0.25) is 0 Å². The van der Waals surface area contributed by atoms with Crippen molar-refractivity contribution in [1.29, 1.82) is 0 Å². The van der Waals surface area contributed by atoms with Crippen molar-refractivity contribution >= 4 is 6.03 Å². The molecule has 2 spiro atoms. The molecule has 0 aromatic carbocycles. The van der Waals surface area contributed by atoms with E-state index in [1.165, 1.54) is 37.1 Å². The van der Waals surface area contributed by atoms with E-state index in [4.69, 9.17) is 5.10 Å². The molecule has 1 N–H and O–H groups in total. The van der Waals surface area contributed by atoms with Gasteiger partial charge >= 0.3 is 6.03 Å². The summed E-state index contributed by atoms with van der Waals surface area (Å²) in [5.41, 5.74) is 3.16. The number of carbonyl (C=O) groups is 1. The van der Waals surface area contributed by atoms with Crippen molar-refractivity contribution in [2.75, 3.05) is 39.3 Å². The van der Waals surface area contributed by atoms with Crippen LogP contribution in [0.5, 0.6) is 0 Å². The predicted octanol–water partition coefficient (Wildman–Crippen LogP) is 2.33. The van der Waals surface area contributed by atoms with Crippen LogP contribution in [0, 0.1) is 10.8 Å². The van der Waals surface area contributed by atoms with E-state index in [1.54, 1.807) is 0 Å². The minimum Gasteiger partial charge on any atom is -0.323 e. The number of hydrogen-bond donors (Lipinski definition) is 1. The second-order valence-corrected chi connectivity index (χ2v) is 12.2. The van der Waals surface area contributed by atoms with Gasteiger partial charge in [-0.2, -0.15) is 10.2 Å². The number of nitrogens with zero attached hydrogens (tertiary/aromatic N) is 7. The second kappa shape index (κ2) is 6.37. The van der Waals surface area contributed by atoms with E-state index in [0.717, 1.165) is 64.5 Å². The predicted molar refractivity (Wildman–Crippen MR) is 120 cm³/mol. The first-order valence-electron chi connectivity index (χ1n) is 12.8. The number of carbonyl (C=O) groups excluding carboxylic acids is 1. The van der Waals surface area contributed by atoms with Crippen molar-refractivity contribution in [1.82, 2.24) is 39.7 Å². The van der Waals surface area contributed by atoms with Crippen molar-refractivity contribution in [2.24, 2.45) is 10.8 Å². The van der Waals surface area contributed by atoms with Crippen LogP contribution in [-0.2, 0) is 6.54 Å². The first-order valence-corrected chi connectivity index (χ1v) is 12.8. The fraction of sp³-hybridized carbons (Fsp3) is 0.750. The number of amides is 2. The molecule has 8 rings (SSSR count). The number of H-pyrrole nitrogens is 1. The molecule has 0 atom stereocenters. The summed E-state index contributed by atoms with van der Waals surface area (Å²) in [6.45, 7) is 6.85. The molecule has 0 unspecified atom stereocenters. The van der Waals surface area contributed by atoms with Gasteiger partial charge in [-0.25, -0.2) is 14.5 Å². The molecule has 2 amide bonds. The van der Waals surface area contributed by atoms with Crippen LogP contribution in [0.4, 0.5) is 4.79 Å². The highest BCUT2D eigenvalue weighted by Crippen LogP contribution is 2.54. The molecule has 33 heavy (non-hydrogen) atoms. The van der Waals surface area contributed by atoms with Gasteiger partial charge in [0.25, 0.3) is 0 Å². The number of nitrogens with one attached hydrogen (secondary N) is 1. The molecule has 174 valence electrons. The van der Waals surface area contributed by atoms with Gasteiger partial charge in [0.2, 0.25) is 0 Å². The highest BCUT2D eigenvalue weighted by Gasteiger charge is 2.58. The van der Waals surface area contributed by atoms with Crippen LogP contribution in [0.3, 0.4) is 0 Å². The van der Waals surface area contributed by atoms with Crippen LogP contribution in [0.1, 0.15) is 73.6 Å². The summed E-state index contributed by atoms with van der Waals surface area (Å²) >= 11 is 0. The molecule has 3 saturated heterocycles. The van der Waals surface area contributed by atoms with E-state index in [0.29, 0.717) is 28.7 Å². The monoisotopic (exact) mass is 448 g/mol. The minimum atomic E-state index is 0.257. The van der Waals surface area contributed by atoms with Crippen molar-refractivity contribution in [3.8, 4) is 0 Å². The molecule has 3 aliphatic heterocycles. The molecular weight excluding hydrogens is 416 g/mol. The molecule has 9 nitrogen and oxygen atoms in total. The van der Waals surface area contributed by atoms with Crippen LogP contribution >= 0.6 is 0 Å². The zero-order valence-electron chi connectivity index (χ0n) is 19.1. The van der Waals surface area contributed by atoms with Gasteiger partial charge in [-0.05, 0) is 44.6 Å². The fourth-order valence-electron chi connectivity index (χ4n) is 6.88. The number of likely N-dealkylation sites (tertiary alicyclic amines) is 3. The Morgan fingerprint density at radius 3 is 2.36 bits per heavy atom. The van der Waals surface area contributed by atoms with Gasteiger partial charge in [0.05, 0.1) is 11.7 Å². The highest BCUT2D eigenvalue weighted by atomic mass is 16.2. The van der Waals surface area contributed by atoms with E-state index >= 15 is 0 Å². The summed E-state index contributed by atoms with van der Waals surface area (Å²) in [5.74, 6) is 2.36. The Bertz CT molecular complexity index is 1090. The molecule has 5 heterocycles. The van der Waals surface area contributed by atoms with E-state index < -0.39 is 0 Å². The lowest BCUT2D eigenvalue weighted by molar-refractivity contribution is -0.120. The van der Waals surface area contributed by atoms with Crippen molar-refractivity contribution < 1.29 is 4.79 Å². The van der Waals surface area contributed by atoms with Crippen molar-refractivity contribution in [2.45, 2.75) is 62.9 Å². The zero-order chi connectivity index (χ0) is 21.8. The number of hydrogen-bond acceptors (Lipinski definition) is 5. The summed E-state index contributed by atoms with van der Waals surface area (Å²) in [6.07, 6.45) is 9.28. The van der Waals surface area contributed by atoms with Gasteiger partial charge in [-0.3, -0.25) is 10.00 Å². The van der Waals surface area contributed by atoms with Gasteiger partial charge in [0, 0.05) is 74.2 Å². The molecule has 0 radical (unpaired) electrons. The molecule has 3 saturated carbocycles. The van der Waals surface area contributed by atoms with Gasteiger partial charge < -0.3 is 9.80 Å². The normalized spacial score (nSPS) is 27.9. The van der Waals surface area contributed by atoms with Crippen LogP contribution in [0.15, 0.2) is 12.4 Å². The maximum absolute atomic E-state index is 12.9. The van der Waals surface area contributed by atoms with Gasteiger partial charge in [-0.15, -0.1) is 0 Å². The Morgan fingerprint density at radius 2 is 1.67 bits per heavy atom. The Morgan fingerprint density at radius 1 is 0.970 bits per heavy atom. The van der Waals surface area contributed by atoms with Gasteiger partial charge in [0.15, 0.2) is 5.82 Å². The van der Waals surface area contributed by atoms with E-state index in [1.807, 2.05) is 6.33 Å². The summed E-state index contributed by atoms with van der Waals surface area (Å²) in [6, 6.07) is 2.98. The molecule has 6 aliphatic rings. The van der Waals surface area contributed by atoms with Gasteiger partial charge in [0.1, 0.15) is 6.33 Å². The SMILES string of the molecule is O=C(N1CC2(CC(n3cnc(C4CC4)n3)C2)C1)N1CC2(CN(Cc3cc(C4CC4)n[nH]3)C2)C1. The Hall–Kier alpha value is -2.42. The maximum Gasteiger partial charge on any atom is 0.320 e. The lowest BCUT2D eigenvalue weighted by Crippen LogP contribution is -2.75. The summed E-state index contributed by atoms with van der Waals surface area (Å²) in [5, 5.41) is 12.4. The topological polar surface area (TPSA) is 86.2 Å². The third kappa shape index (κ3) is 3.07. The van der Waals surface area contributed by atoms with Crippen LogP contribution in [0.25, 0.3) is 0 Å². The van der Waals surface area contributed by atoms with Crippen molar-refractivity contribution in [3.63, 3.8) is 0 Å². The summed E-state index contributed by atoms with van der Waals surface area (Å²) in [4.78, 5) is 24.1. The Labute approximate surface area is 193 Å². The summed E-state index contributed by atoms with van der Waals surface area (Å²) < 4.78 is 2.08. The van der Waals surface area contributed by atoms with E-state index in [-0.39, 0.29) is 6.03 Å². The third-order valence-electron chi connectivity index (χ3n) is 8.98. The van der Waals surface area contributed by atoms with E-state index in [9.17, 15) is 4.79 Å². The quantitative estimate of drug-likeness (QED) is 0.759. The number of urea groups is 1. The molecule has 2 aromatic rings. The molecule has 3 aliphatic carbocycles. The molecule has 6 fully saturated rings. The number of aromatic nitrogens is 5. The largest absolute Gasteiger partial charge is 0.323 e. The lowest BCUT2D eigenvalue weighted by Gasteiger charge is -2.63. The first kappa shape index (κ1) is 18.9. The van der Waals surface area contributed by atoms with Crippen LogP contribution < -0.4 is 0 Å². The Balaban J connectivity index is 0.784. The van der Waals surface area contributed by atoms with Crippen LogP contribution in [-0.4, -0.2) is 85.0 Å². The fourth-order valence-corrected chi connectivity index (χ4v) is 6.88. The Kier molecular flexibility index (Phi) is 3.66. The molecule has 0 bridgehead atoms. The second-order valence-electron chi connectivity index (χ2n) is 12.2. The summed E-state index contributed by atoms with van der Waals surface area (Å²) in [7, 11) is 0. The third-order valence-corrected chi connectivity index (χ3v) is 8.98. The zero-order valence-corrected chi connectivity index (χ0v) is 19.1. The van der Waals surface area contributed by atoms with Gasteiger partial charge in [-0.1, -0.05) is 0 Å². The maximum atomic E-state index is 12.9. The average molecular weight is 449 g/mol. The highest BCUT2D eigenvalue weighted by molar-refractivity contribution is 5.77. The lowest BCUT2D eigenvalue weighted by atomic mass is 9.60. The number of aromatic amines is 1. The number of rotatable bonds is 5. The van der Waals surface area contributed by atoms with Crippen molar-refractivity contribution in [3.05, 3.63) is 29.6 Å². The minimum absolute atomic E-state index is 0.257. The standard InChI is InChI=1S/C24H32N8O/c33-22(30-11-23(12-30)6-19(7-23)32-15-25-21(28-32)17-3-4-17)31-13-24(14-31)9-29(10-24)8-18-5-20(27-26-18)16-1-2-16/h5,15-17,19H,1-4,6-14H2,(H,26,27). The average Bonchev–Trinajstić information content (AvgIpc) is 3.62.